The van der Waals surface area contributed by atoms with Gasteiger partial charge in [-0.15, -0.1) is 5.10 Å². The summed E-state index contributed by atoms with van der Waals surface area (Å²) in [5.74, 6) is -0.0216. The third-order valence-corrected chi connectivity index (χ3v) is 5.08. The van der Waals surface area contributed by atoms with E-state index >= 15 is 0 Å². The topological polar surface area (TPSA) is 89.3 Å². The first-order valence-corrected chi connectivity index (χ1v) is 9.72. The predicted molar refractivity (Wildman–Crippen MR) is 112 cm³/mol. The number of aryl methyl sites for hydroxylation is 1. The van der Waals surface area contributed by atoms with E-state index in [1.165, 1.54) is 0 Å². The van der Waals surface area contributed by atoms with Gasteiger partial charge in [-0.05, 0) is 30.2 Å². The number of nitrogens with one attached hydrogen (secondary N) is 1. The third kappa shape index (κ3) is 4.17. The Hall–Kier alpha value is -3.68. The number of rotatable bonds is 6. The van der Waals surface area contributed by atoms with Gasteiger partial charge in [0, 0.05) is 13.0 Å². The lowest BCUT2D eigenvalue weighted by atomic mass is 10.1. The summed E-state index contributed by atoms with van der Waals surface area (Å²) in [6.07, 6.45) is 1.71. The van der Waals surface area contributed by atoms with Gasteiger partial charge in [-0.2, -0.15) is 0 Å². The van der Waals surface area contributed by atoms with E-state index in [2.05, 4.69) is 15.4 Å². The van der Waals surface area contributed by atoms with E-state index in [1.807, 2.05) is 55.5 Å². The average Bonchev–Trinajstić information content (AvgIpc) is 3.35. The molecule has 1 aromatic heterocycles. The lowest BCUT2D eigenvalue weighted by Crippen LogP contribution is -2.28. The Bertz CT molecular complexity index is 1060. The Morgan fingerprint density at radius 1 is 1.23 bits per heavy atom. The molecule has 1 aliphatic heterocycles. The highest BCUT2D eigenvalue weighted by Crippen LogP contribution is 2.34. The van der Waals surface area contributed by atoms with Gasteiger partial charge in [0.2, 0.25) is 17.8 Å². The quantitative estimate of drug-likeness (QED) is 0.681. The summed E-state index contributed by atoms with van der Waals surface area (Å²) in [5, 5.41) is 7.04. The number of amides is 2. The molecule has 30 heavy (non-hydrogen) atoms. The van der Waals surface area contributed by atoms with Crippen molar-refractivity contribution in [2.24, 2.45) is 5.92 Å². The fourth-order valence-corrected chi connectivity index (χ4v) is 3.54. The molecule has 4 rings (SSSR count). The fourth-order valence-electron chi connectivity index (χ4n) is 3.54. The lowest BCUT2D eigenvalue weighted by Gasteiger charge is -2.20. The van der Waals surface area contributed by atoms with E-state index in [1.54, 1.807) is 23.0 Å². The van der Waals surface area contributed by atoms with E-state index in [-0.39, 0.29) is 30.7 Å². The standard InChI is InChI=1S/C22H23N5O3/c1-15-8-9-19(30-2)18(10-15)27-13-17(11-20(27)28)21(29)24-22-23-14-26(25-22)12-16-6-4-3-5-7-16/h3-10,14,17H,11-13H2,1-2H3,(H,24,25,29). The smallest absolute Gasteiger partial charge is 0.248 e. The summed E-state index contributed by atoms with van der Waals surface area (Å²) in [4.78, 5) is 31.1. The van der Waals surface area contributed by atoms with Crippen LogP contribution in [-0.2, 0) is 16.1 Å². The van der Waals surface area contributed by atoms with E-state index in [0.29, 0.717) is 18.0 Å². The number of hydrogen-bond donors (Lipinski definition) is 1. The summed E-state index contributed by atoms with van der Waals surface area (Å²) in [6.45, 7) is 2.80. The van der Waals surface area contributed by atoms with Crippen LogP contribution in [0.1, 0.15) is 17.5 Å². The highest BCUT2D eigenvalue weighted by molar-refractivity contribution is 6.03. The first-order valence-electron chi connectivity index (χ1n) is 9.72. The molecule has 2 heterocycles. The maximum atomic E-state index is 12.7. The van der Waals surface area contributed by atoms with Crippen LogP contribution in [0.5, 0.6) is 5.75 Å². The first kappa shape index (κ1) is 19.6. The van der Waals surface area contributed by atoms with Crippen LogP contribution >= 0.6 is 0 Å². The van der Waals surface area contributed by atoms with Crippen molar-refractivity contribution in [2.45, 2.75) is 19.9 Å². The number of carbonyl (C=O) groups is 2. The minimum absolute atomic E-state index is 0.110. The Morgan fingerprint density at radius 2 is 2.03 bits per heavy atom. The van der Waals surface area contributed by atoms with Crippen molar-refractivity contribution >= 4 is 23.5 Å². The highest BCUT2D eigenvalue weighted by atomic mass is 16.5. The Kier molecular flexibility index (Phi) is 5.47. The van der Waals surface area contributed by atoms with Crippen LogP contribution in [0.15, 0.2) is 54.9 Å². The molecule has 1 unspecified atom stereocenters. The van der Waals surface area contributed by atoms with Crippen LogP contribution in [0.3, 0.4) is 0 Å². The second-order valence-electron chi connectivity index (χ2n) is 7.32. The number of hydrogen-bond acceptors (Lipinski definition) is 5. The van der Waals surface area contributed by atoms with Crippen LogP contribution < -0.4 is 15.0 Å². The Balaban J connectivity index is 1.42. The molecule has 1 fully saturated rings. The SMILES string of the molecule is COc1ccc(C)cc1N1CC(C(=O)Nc2ncn(Cc3ccccc3)n2)CC1=O. The first-order chi connectivity index (χ1) is 14.5. The fraction of sp³-hybridized carbons (Fsp3) is 0.273. The van der Waals surface area contributed by atoms with Gasteiger partial charge in [-0.1, -0.05) is 36.4 Å². The molecule has 1 saturated heterocycles. The average molecular weight is 405 g/mol. The van der Waals surface area contributed by atoms with Gasteiger partial charge < -0.3 is 9.64 Å². The molecule has 1 N–H and O–H groups in total. The van der Waals surface area contributed by atoms with E-state index < -0.39 is 5.92 Å². The van der Waals surface area contributed by atoms with E-state index in [4.69, 9.17) is 4.74 Å². The molecule has 0 saturated carbocycles. The van der Waals surface area contributed by atoms with Crippen LogP contribution in [0.4, 0.5) is 11.6 Å². The van der Waals surface area contributed by atoms with Gasteiger partial charge in [0.05, 0.1) is 25.3 Å². The number of ether oxygens (including phenoxy) is 1. The summed E-state index contributed by atoms with van der Waals surface area (Å²) < 4.78 is 7.05. The number of nitrogens with zero attached hydrogens (tertiary/aromatic N) is 4. The highest BCUT2D eigenvalue weighted by Gasteiger charge is 2.36. The largest absolute Gasteiger partial charge is 0.495 e. The second-order valence-corrected chi connectivity index (χ2v) is 7.32. The molecule has 0 aliphatic carbocycles. The molecule has 154 valence electrons. The maximum Gasteiger partial charge on any atom is 0.248 e. The van der Waals surface area contributed by atoms with Crippen molar-refractivity contribution in [3.05, 3.63) is 66.0 Å². The van der Waals surface area contributed by atoms with E-state index in [0.717, 1.165) is 11.1 Å². The molecule has 1 aliphatic rings. The normalized spacial score (nSPS) is 16.0. The van der Waals surface area contributed by atoms with Gasteiger partial charge in [-0.25, -0.2) is 9.67 Å². The minimum Gasteiger partial charge on any atom is -0.495 e. The van der Waals surface area contributed by atoms with Crippen molar-refractivity contribution in [1.29, 1.82) is 0 Å². The molecule has 2 amide bonds. The molecule has 0 radical (unpaired) electrons. The third-order valence-electron chi connectivity index (χ3n) is 5.08. The molecular formula is C22H23N5O3. The zero-order valence-corrected chi connectivity index (χ0v) is 16.9. The van der Waals surface area contributed by atoms with Gasteiger partial charge in [-0.3, -0.25) is 14.9 Å². The number of aromatic nitrogens is 3. The molecule has 8 nitrogen and oxygen atoms in total. The summed E-state index contributed by atoms with van der Waals surface area (Å²) in [7, 11) is 1.57. The van der Waals surface area contributed by atoms with Crippen LogP contribution in [0.2, 0.25) is 0 Å². The molecule has 8 heteroatoms. The number of carbonyl (C=O) groups excluding carboxylic acids is 2. The zero-order valence-electron chi connectivity index (χ0n) is 16.9. The molecular weight excluding hydrogens is 382 g/mol. The van der Waals surface area contributed by atoms with Crippen molar-refractivity contribution in [1.82, 2.24) is 14.8 Å². The van der Waals surface area contributed by atoms with E-state index in [9.17, 15) is 9.59 Å². The minimum atomic E-state index is -0.483. The van der Waals surface area contributed by atoms with Crippen LogP contribution in [0.25, 0.3) is 0 Å². The maximum absolute atomic E-state index is 12.7. The number of methoxy groups -OCH3 is 1. The Morgan fingerprint density at radius 3 is 2.80 bits per heavy atom. The second kappa shape index (κ2) is 8.36. The monoisotopic (exact) mass is 405 g/mol. The van der Waals surface area contributed by atoms with Crippen molar-refractivity contribution in [2.75, 3.05) is 23.9 Å². The van der Waals surface area contributed by atoms with Crippen molar-refractivity contribution in [3.8, 4) is 5.75 Å². The summed E-state index contributed by atoms with van der Waals surface area (Å²) in [6, 6.07) is 15.5. The summed E-state index contributed by atoms with van der Waals surface area (Å²) >= 11 is 0. The molecule has 0 bridgehead atoms. The molecule has 1 atom stereocenters. The van der Waals surface area contributed by atoms with Gasteiger partial charge in [0.15, 0.2) is 0 Å². The van der Waals surface area contributed by atoms with Gasteiger partial charge in [0.25, 0.3) is 0 Å². The molecule has 3 aromatic rings. The predicted octanol–water partition coefficient (Wildman–Crippen LogP) is 2.64. The van der Waals surface area contributed by atoms with Gasteiger partial charge >= 0.3 is 0 Å². The molecule has 2 aromatic carbocycles. The lowest BCUT2D eigenvalue weighted by molar-refractivity contribution is -0.122. The van der Waals surface area contributed by atoms with Crippen molar-refractivity contribution in [3.63, 3.8) is 0 Å². The summed E-state index contributed by atoms with van der Waals surface area (Å²) in [5.41, 5.74) is 2.78. The van der Waals surface area contributed by atoms with Crippen LogP contribution in [0, 0.1) is 12.8 Å². The van der Waals surface area contributed by atoms with Crippen LogP contribution in [-0.4, -0.2) is 40.2 Å². The van der Waals surface area contributed by atoms with Gasteiger partial charge in [0.1, 0.15) is 12.1 Å². The zero-order chi connectivity index (χ0) is 21.1. The Labute approximate surface area is 174 Å². The number of anilines is 2. The molecule has 0 spiro atoms. The van der Waals surface area contributed by atoms with Crippen molar-refractivity contribution < 1.29 is 14.3 Å². The number of benzene rings is 2.